The van der Waals surface area contributed by atoms with E-state index >= 15 is 0 Å². The first-order valence-corrected chi connectivity index (χ1v) is 5.08. The zero-order valence-electron chi connectivity index (χ0n) is 8.55. The Morgan fingerprint density at radius 3 is 2.56 bits per heavy atom. The van der Waals surface area contributed by atoms with Gasteiger partial charge in [-0.05, 0) is 18.9 Å². The van der Waals surface area contributed by atoms with Crippen LogP contribution in [0, 0.1) is 0 Å². The van der Waals surface area contributed by atoms with Crippen molar-refractivity contribution in [2.24, 2.45) is 0 Å². The summed E-state index contributed by atoms with van der Waals surface area (Å²) in [4.78, 5) is 38.0. The van der Waals surface area contributed by atoms with E-state index in [0.717, 1.165) is 6.42 Å². The van der Waals surface area contributed by atoms with Gasteiger partial charge in [-0.3, -0.25) is 14.4 Å². The highest BCUT2D eigenvalue weighted by molar-refractivity contribution is 6.01. The monoisotopic (exact) mass is 225 g/mol. The van der Waals surface area contributed by atoms with E-state index in [2.05, 4.69) is 4.84 Å². The molecule has 86 valence electrons. The molecule has 0 aromatic rings. The van der Waals surface area contributed by atoms with Gasteiger partial charge in [0.05, 0.1) is 0 Å². The first-order valence-electron chi connectivity index (χ1n) is 5.08. The van der Waals surface area contributed by atoms with Crippen LogP contribution in [-0.4, -0.2) is 29.1 Å². The second-order valence-electron chi connectivity index (χ2n) is 3.58. The second-order valence-corrected chi connectivity index (χ2v) is 3.58. The Bertz CT molecular complexity index is 346. The molecule has 2 rings (SSSR count). The number of allylic oxidation sites excluding steroid dienone is 1. The minimum absolute atomic E-state index is 0.0788. The van der Waals surface area contributed by atoms with Crippen molar-refractivity contribution in [1.29, 1.82) is 0 Å². The van der Waals surface area contributed by atoms with Crippen LogP contribution in [0.1, 0.15) is 25.7 Å². The summed E-state index contributed by atoms with van der Waals surface area (Å²) in [6.45, 7) is 0. The maximum atomic E-state index is 11.2. The summed E-state index contributed by atoms with van der Waals surface area (Å²) in [5, 5.41) is 0.473. The first kappa shape index (κ1) is 10.7. The molecule has 0 spiro atoms. The Hall–Kier alpha value is -1.85. The number of carbonyl (C=O) groups is 3. The molecule has 1 atom stereocenters. The zero-order valence-corrected chi connectivity index (χ0v) is 8.55. The van der Waals surface area contributed by atoms with Crippen LogP contribution in [0.25, 0.3) is 0 Å². The molecule has 0 N–H and O–H groups in total. The molecule has 1 saturated heterocycles. The van der Waals surface area contributed by atoms with Gasteiger partial charge in [-0.15, -0.1) is 0 Å². The number of hydrogen-bond acceptors (Lipinski definition) is 5. The molecule has 0 saturated carbocycles. The summed E-state index contributed by atoms with van der Waals surface area (Å²) >= 11 is 0. The second kappa shape index (κ2) is 4.34. The summed E-state index contributed by atoms with van der Waals surface area (Å²) in [5.74, 6) is -1.02. The van der Waals surface area contributed by atoms with Crippen LogP contribution in [0.2, 0.25) is 0 Å². The summed E-state index contributed by atoms with van der Waals surface area (Å²) in [6.07, 6.45) is 4.01. The van der Waals surface area contributed by atoms with Crippen LogP contribution < -0.4 is 0 Å². The lowest BCUT2D eigenvalue weighted by atomic mass is 10.3. The van der Waals surface area contributed by atoms with Gasteiger partial charge in [0.1, 0.15) is 6.10 Å². The van der Waals surface area contributed by atoms with Crippen LogP contribution in [0.4, 0.5) is 4.79 Å². The molecule has 16 heavy (non-hydrogen) atoms. The minimum Gasteiger partial charge on any atom is -0.425 e. The molecule has 2 amide bonds. The fraction of sp³-hybridized carbons (Fsp3) is 0.500. The fourth-order valence-electron chi connectivity index (χ4n) is 1.58. The molecule has 1 aliphatic carbocycles. The van der Waals surface area contributed by atoms with Crippen molar-refractivity contribution in [1.82, 2.24) is 5.06 Å². The third kappa shape index (κ3) is 2.21. The van der Waals surface area contributed by atoms with Gasteiger partial charge >= 0.3 is 6.16 Å². The van der Waals surface area contributed by atoms with Crippen LogP contribution in [0.5, 0.6) is 0 Å². The van der Waals surface area contributed by atoms with Crippen molar-refractivity contribution < 1.29 is 24.0 Å². The highest BCUT2D eigenvalue weighted by Crippen LogP contribution is 2.16. The maximum absolute atomic E-state index is 11.2. The smallest absolute Gasteiger partial charge is 0.425 e. The first-order chi connectivity index (χ1) is 7.66. The fourth-order valence-corrected chi connectivity index (χ4v) is 1.58. The Morgan fingerprint density at radius 1 is 1.31 bits per heavy atom. The number of ether oxygens (including phenoxy) is 1. The molecular formula is C10H11NO5. The van der Waals surface area contributed by atoms with E-state index in [-0.39, 0.29) is 18.9 Å². The summed E-state index contributed by atoms with van der Waals surface area (Å²) < 4.78 is 4.88. The average Bonchev–Trinajstić information content (AvgIpc) is 2.83. The normalized spacial score (nSPS) is 24.0. The standard InChI is InChI=1S/C10H11NO5/c12-8-5-6-9(13)11(8)16-10(14)15-7-3-1-2-4-7/h1,3,7H,2,4-6H2. The highest BCUT2D eigenvalue weighted by Gasteiger charge is 2.33. The number of hydroxylamine groups is 2. The van der Waals surface area contributed by atoms with Gasteiger partial charge < -0.3 is 4.74 Å². The van der Waals surface area contributed by atoms with E-state index in [4.69, 9.17) is 4.74 Å². The van der Waals surface area contributed by atoms with Crippen molar-refractivity contribution >= 4 is 18.0 Å². The molecule has 1 aliphatic heterocycles. The lowest BCUT2D eigenvalue weighted by Gasteiger charge is -2.14. The number of carbonyl (C=O) groups excluding carboxylic acids is 3. The van der Waals surface area contributed by atoms with Crippen molar-refractivity contribution in [3.05, 3.63) is 12.2 Å². The molecule has 6 heteroatoms. The van der Waals surface area contributed by atoms with E-state index in [1.54, 1.807) is 6.08 Å². The van der Waals surface area contributed by atoms with Gasteiger partial charge in [0, 0.05) is 12.8 Å². The summed E-state index contributed by atoms with van der Waals surface area (Å²) in [6, 6.07) is 0. The number of imide groups is 1. The van der Waals surface area contributed by atoms with Gasteiger partial charge in [-0.25, -0.2) is 4.79 Å². The van der Waals surface area contributed by atoms with Gasteiger partial charge in [0.25, 0.3) is 11.8 Å². The van der Waals surface area contributed by atoms with Gasteiger partial charge in [-0.2, -0.15) is 0 Å². The molecular weight excluding hydrogens is 214 g/mol. The van der Waals surface area contributed by atoms with E-state index in [1.165, 1.54) is 0 Å². The van der Waals surface area contributed by atoms with E-state index in [0.29, 0.717) is 11.5 Å². The SMILES string of the molecule is O=C(OC1C=CCC1)ON1C(=O)CCC1=O. The van der Waals surface area contributed by atoms with Crippen molar-refractivity contribution in [3.63, 3.8) is 0 Å². The van der Waals surface area contributed by atoms with Crippen LogP contribution in [0.3, 0.4) is 0 Å². The topological polar surface area (TPSA) is 72.9 Å². The molecule has 1 heterocycles. The third-order valence-electron chi connectivity index (χ3n) is 2.39. The summed E-state index contributed by atoms with van der Waals surface area (Å²) in [7, 11) is 0. The summed E-state index contributed by atoms with van der Waals surface area (Å²) in [5.41, 5.74) is 0. The number of amides is 2. The molecule has 1 unspecified atom stereocenters. The van der Waals surface area contributed by atoms with Crippen LogP contribution in [-0.2, 0) is 19.2 Å². The van der Waals surface area contributed by atoms with E-state index < -0.39 is 18.0 Å². The quantitative estimate of drug-likeness (QED) is 0.397. The number of nitrogens with zero attached hydrogens (tertiary/aromatic N) is 1. The Balaban J connectivity index is 1.84. The highest BCUT2D eigenvalue weighted by atomic mass is 16.8. The van der Waals surface area contributed by atoms with E-state index in [9.17, 15) is 14.4 Å². The van der Waals surface area contributed by atoms with Crippen LogP contribution >= 0.6 is 0 Å². The predicted octanol–water partition coefficient (Wildman–Crippen LogP) is 0.922. The minimum atomic E-state index is -1.01. The van der Waals surface area contributed by atoms with Gasteiger partial charge in [0.15, 0.2) is 0 Å². The zero-order chi connectivity index (χ0) is 11.5. The Morgan fingerprint density at radius 2 is 2.00 bits per heavy atom. The molecule has 1 fully saturated rings. The molecule has 0 aromatic carbocycles. The third-order valence-corrected chi connectivity index (χ3v) is 2.39. The Kier molecular flexibility index (Phi) is 2.89. The molecule has 0 radical (unpaired) electrons. The van der Waals surface area contributed by atoms with Crippen LogP contribution in [0.15, 0.2) is 12.2 Å². The molecule has 2 aliphatic rings. The largest absolute Gasteiger partial charge is 0.534 e. The number of rotatable bonds is 2. The maximum Gasteiger partial charge on any atom is 0.534 e. The molecule has 6 nitrogen and oxygen atoms in total. The lowest BCUT2D eigenvalue weighted by Crippen LogP contribution is -2.33. The number of hydrogen-bond donors (Lipinski definition) is 0. The Labute approximate surface area is 91.7 Å². The van der Waals surface area contributed by atoms with Crippen molar-refractivity contribution in [2.75, 3.05) is 0 Å². The molecule has 0 aromatic heterocycles. The average molecular weight is 225 g/mol. The lowest BCUT2D eigenvalue weighted by molar-refractivity contribution is -0.178. The predicted molar refractivity (Wildman–Crippen MR) is 50.8 cm³/mol. The van der Waals surface area contributed by atoms with Gasteiger partial charge in [0.2, 0.25) is 0 Å². The molecule has 0 bridgehead atoms. The van der Waals surface area contributed by atoms with Gasteiger partial charge in [-0.1, -0.05) is 11.1 Å². The van der Waals surface area contributed by atoms with E-state index in [1.807, 2.05) is 6.08 Å². The van der Waals surface area contributed by atoms with Crippen molar-refractivity contribution in [2.45, 2.75) is 31.8 Å². The van der Waals surface area contributed by atoms with Crippen molar-refractivity contribution in [3.8, 4) is 0 Å².